The first-order valence-corrected chi connectivity index (χ1v) is 15.3. The number of methoxy groups -OCH3 is 2. The van der Waals surface area contributed by atoms with Crippen LogP contribution in [0.3, 0.4) is 0 Å². The molecule has 2 saturated heterocycles. The zero-order valence-electron chi connectivity index (χ0n) is 24.1. The van der Waals surface area contributed by atoms with E-state index >= 15 is 0 Å². The third-order valence-electron chi connectivity index (χ3n) is 8.60. The molecule has 0 amide bonds. The van der Waals surface area contributed by atoms with Gasteiger partial charge >= 0.3 is 12.3 Å². The first-order chi connectivity index (χ1) is 21.2. The molecule has 13 heteroatoms. The maximum Gasteiger partial charge on any atom is 0.573 e. The predicted octanol–water partition coefficient (Wildman–Crippen LogP) is 7.24. The number of para-hydroxylation sites is 1. The number of piperidine rings is 1. The predicted molar refractivity (Wildman–Crippen MR) is 155 cm³/mol. The summed E-state index contributed by atoms with van der Waals surface area (Å²) in [5.41, 5.74) is 2.34. The van der Waals surface area contributed by atoms with E-state index in [9.17, 15) is 18.0 Å². The summed E-state index contributed by atoms with van der Waals surface area (Å²) in [5.74, 6) is 0.634. The summed E-state index contributed by atoms with van der Waals surface area (Å²) in [7, 11) is 2.90. The number of ether oxygens (including phenoxy) is 4. The number of fused-ring (bicyclic) bond motifs is 3. The lowest BCUT2D eigenvalue weighted by atomic mass is 10.00. The number of hydrogen-bond donors (Lipinski definition) is 0. The molecule has 0 N–H and O–H groups in total. The number of aromatic nitrogens is 2. The number of rotatable bonds is 9. The van der Waals surface area contributed by atoms with Crippen molar-refractivity contribution in [2.45, 2.75) is 75.6 Å². The average Bonchev–Trinajstić information content (AvgIpc) is 3.52. The minimum absolute atomic E-state index is 0.0462. The average molecular weight is 630 g/mol. The highest BCUT2D eigenvalue weighted by atomic mass is 32.1. The van der Waals surface area contributed by atoms with Gasteiger partial charge in [-0.2, -0.15) is 0 Å². The summed E-state index contributed by atoms with van der Waals surface area (Å²) in [5, 5.41) is 5.08. The molecule has 4 heterocycles. The van der Waals surface area contributed by atoms with Gasteiger partial charge in [-0.1, -0.05) is 28.6 Å². The summed E-state index contributed by atoms with van der Waals surface area (Å²) >= 11 is 1.53. The quantitative estimate of drug-likeness (QED) is 0.178. The second-order valence-corrected chi connectivity index (χ2v) is 12.4. The van der Waals surface area contributed by atoms with Gasteiger partial charge in [0.2, 0.25) is 0 Å². The topological polar surface area (TPSA) is 96.2 Å². The number of benzene rings is 2. The van der Waals surface area contributed by atoms with E-state index in [1.54, 1.807) is 31.4 Å². The molecule has 1 aliphatic carbocycles. The smallest absolute Gasteiger partial charge is 0.494 e. The van der Waals surface area contributed by atoms with Crippen LogP contribution in [-0.2, 0) is 16.1 Å². The number of alkyl halides is 3. The van der Waals surface area contributed by atoms with E-state index < -0.39 is 12.3 Å². The summed E-state index contributed by atoms with van der Waals surface area (Å²) in [6, 6.07) is 9.84. The van der Waals surface area contributed by atoms with Crippen molar-refractivity contribution in [3.8, 4) is 22.8 Å². The minimum Gasteiger partial charge on any atom is -0.494 e. The Morgan fingerprint density at radius 1 is 1.07 bits per heavy atom. The van der Waals surface area contributed by atoms with Crippen LogP contribution in [0.25, 0.3) is 21.5 Å². The standard InChI is InChI=1S/C31H30F3N3O6S/c1-39-24-11-17(29(38)40-2)12-25-27(24)35-30(44-25)37-18-9-10-19(37)14-20(13-18)41-15-22-26(36-43-28(22)16-7-8-16)21-5-3-4-6-23(21)42-31(32,33)34/h3-6,11-12,16,18-20H,7-10,13-15H2,1-2H3/t18-,19+,20+. The van der Waals surface area contributed by atoms with Gasteiger partial charge < -0.3 is 28.4 Å². The highest BCUT2D eigenvalue weighted by Gasteiger charge is 2.43. The van der Waals surface area contributed by atoms with Crippen LogP contribution in [0.1, 0.15) is 66.1 Å². The Morgan fingerprint density at radius 2 is 1.82 bits per heavy atom. The number of anilines is 1. The first kappa shape index (κ1) is 28.9. The van der Waals surface area contributed by atoms with E-state index in [2.05, 4.69) is 14.8 Å². The Bertz CT molecular complexity index is 1690. The molecule has 2 aliphatic heterocycles. The van der Waals surface area contributed by atoms with Crippen LogP contribution in [0.2, 0.25) is 0 Å². The van der Waals surface area contributed by atoms with E-state index in [-0.39, 0.29) is 42.0 Å². The molecule has 0 unspecified atom stereocenters. The molecule has 3 fully saturated rings. The van der Waals surface area contributed by atoms with Crippen molar-refractivity contribution in [1.82, 2.24) is 10.1 Å². The lowest BCUT2D eigenvalue weighted by molar-refractivity contribution is -0.274. The van der Waals surface area contributed by atoms with Crippen molar-refractivity contribution < 1.29 is 41.4 Å². The molecule has 9 nitrogen and oxygen atoms in total. The summed E-state index contributed by atoms with van der Waals surface area (Å²) < 4.78 is 67.2. The largest absolute Gasteiger partial charge is 0.573 e. The lowest BCUT2D eigenvalue weighted by Crippen LogP contribution is -2.45. The molecule has 2 bridgehead atoms. The van der Waals surface area contributed by atoms with Crippen LogP contribution in [-0.4, -0.2) is 54.9 Å². The molecule has 2 aromatic heterocycles. The van der Waals surface area contributed by atoms with Crippen LogP contribution in [0.15, 0.2) is 40.9 Å². The fraction of sp³-hybridized carbons (Fsp3) is 0.452. The van der Waals surface area contributed by atoms with Gasteiger partial charge in [0.1, 0.15) is 28.5 Å². The van der Waals surface area contributed by atoms with Crippen molar-refractivity contribution in [2.24, 2.45) is 0 Å². The van der Waals surface area contributed by atoms with E-state index in [1.165, 1.54) is 30.6 Å². The maximum absolute atomic E-state index is 13.1. The monoisotopic (exact) mass is 629 g/mol. The SMILES string of the molecule is COC(=O)c1cc(OC)c2nc(N3[C@@H]4CC[C@H]3C[C@@H](OCc3c(-c5ccccc5OC(F)(F)F)noc3C3CC3)C4)sc2c1. The molecule has 44 heavy (non-hydrogen) atoms. The molecule has 2 aromatic carbocycles. The van der Waals surface area contributed by atoms with Gasteiger partial charge in [-0.15, -0.1) is 13.2 Å². The Balaban J connectivity index is 1.10. The minimum atomic E-state index is -4.83. The third kappa shape index (κ3) is 5.47. The van der Waals surface area contributed by atoms with Crippen LogP contribution in [0.4, 0.5) is 18.3 Å². The zero-order valence-corrected chi connectivity index (χ0v) is 24.9. The highest BCUT2D eigenvalue weighted by molar-refractivity contribution is 7.22. The van der Waals surface area contributed by atoms with Crippen molar-refractivity contribution in [2.75, 3.05) is 19.1 Å². The van der Waals surface area contributed by atoms with E-state index in [4.69, 9.17) is 23.7 Å². The third-order valence-corrected chi connectivity index (χ3v) is 9.61. The molecule has 0 spiro atoms. The Labute approximate surface area is 254 Å². The maximum atomic E-state index is 13.1. The van der Waals surface area contributed by atoms with Crippen LogP contribution in [0, 0.1) is 0 Å². The molecule has 7 rings (SSSR count). The van der Waals surface area contributed by atoms with Crippen molar-refractivity contribution in [3.63, 3.8) is 0 Å². The highest BCUT2D eigenvalue weighted by Crippen LogP contribution is 2.47. The zero-order chi connectivity index (χ0) is 30.6. The van der Waals surface area contributed by atoms with E-state index in [1.807, 2.05) is 0 Å². The number of nitrogens with zero attached hydrogens (tertiary/aromatic N) is 3. The van der Waals surface area contributed by atoms with E-state index in [0.717, 1.165) is 48.4 Å². The Morgan fingerprint density at radius 3 is 2.50 bits per heavy atom. The first-order valence-electron chi connectivity index (χ1n) is 14.5. The Hall–Kier alpha value is -3.84. The number of carbonyl (C=O) groups excluding carboxylic acids is 1. The molecule has 3 atom stereocenters. The molecular weight excluding hydrogens is 599 g/mol. The molecule has 232 valence electrons. The van der Waals surface area contributed by atoms with Crippen molar-refractivity contribution in [1.29, 1.82) is 0 Å². The molecule has 4 aromatic rings. The molecular formula is C31H30F3N3O6S. The van der Waals surface area contributed by atoms with Gasteiger partial charge in [-0.25, -0.2) is 9.78 Å². The van der Waals surface area contributed by atoms with Gasteiger partial charge in [0.25, 0.3) is 0 Å². The summed E-state index contributed by atoms with van der Waals surface area (Å²) in [6.45, 7) is 0.184. The molecule has 0 radical (unpaired) electrons. The van der Waals surface area contributed by atoms with Gasteiger partial charge in [0, 0.05) is 29.1 Å². The number of esters is 1. The van der Waals surface area contributed by atoms with E-state index in [0.29, 0.717) is 33.8 Å². The van der Waals surface area contributed by atoms with Gasteiger partial charge in [0.15, 0.2) is 5.13 Å². The number of carbonyl (C=O) groups is 1. The van der Waals surface area contributed by atoms with Crippen molar-refractivity contribution >= 4 is 32.7 Å². The Kier molecular flexibility index (Phi) is 7.40. The van der Waals surface area contributed by atoms with Crippen LogP contribution in [0.5, 0.6) is 11.5 Å². The number of thiazole rings is 1. The van der Waals surface area contributed by atoms with Crippen molar-refractivity contribution in [3.05, 3.63) is 53.3 Å². The van der Waals surface area contributed by atoms with Gasteiger partial charge in [-0.3, -0.25) is 0 Å². The number of hydrogen-bond acceptors (Lipinski definition) is 10. The summed E-state index contributed by atoms with van der Waals surface area (Å²) in [6.07, 6.45) is 0.570. The van der Waals surface area contributed by atoms with Crippen LogP contribution < -0.4 is 14.4 Å². The second-order valence-electron chi connectivity index (χ2n) is 11.4. The fourth-order valence-electron chi connectivity index (χ4n) is 6.48. The number of halogens is 3. The van der Waals surface area contributed by atoms with Gasteiger partial charge in [-0.05, 0) is 62.8 Å². The second kappa shape index (κ2) is 11.3. The lowest BCUT2D eigenvalue weighted by Gasteiger charge is -2.38. The normalized spacial score (nSPS) is 21.6. The fourth-order valence-corrected chi connectivity index (χ4v) is 7.65. The molecule has 3 aliphatic rings. The molecule has 1 saturated carbocycles. The van der Waals surface area contributed by atoms with Crippen LogP contribution >= 0.6 is 11.3 Å². The summed E-state index contributed by atoms with van der Waals surface area (Å²) in [4.78, 5) is 19.5. The van der Waals surface area contributed by atoms with Gasteiger partial charge in [0.05, 0.1) is 37.2 Å².